The predicted molar refractivity (Wildman–Crippen MR) is 109 cm³/mol. The summed E-state index contributed by atoms with van der Waals surface area (Å²) in [6.07, 6.45) is 0. The smallest absolute Gasteiger partial charge is 0.251 e. The quantitative estimate of drug-likeness (QED) is 0.727. The molecule has 2 aromatic rings. The van der Waals surface area contributed by atoms with E-state index in [0.29, 0.717) is 12.1 Å². The molecule has 0 aliphatic carbocycles. The van der Waals surface area contributed by atoms with Gasteiger partial charge in [-0.2, -0.15) is 0 Å². The van der Waals surface area contributed by atoms with Crippen molar-refractivity contribution in [1.29, 1.82) is 0 Å². The molecule has 0 unspecified atom stereocenters. The summed E-state index contributed by atoms with van der Waals surface area (Å²) in [6.45, 7) is 0.344. The maximum Gasteiger partial charge on any atom is 0.251 e. The van der Waals surface area contributed by atoms with Crippen molar-refractivity contribution in [1.82, 2.24) is 14.5 Å². The number of hydrogen-bond donors (Lipinski definition) is 1. The Hall–Kier alpha value is -2.42. The van der Waals surface area contributed by atoms with Crippen LogP contribution in [0, 0.1) is 0 Å². The molecular weight excluding hydrogens is 378 g/mol. The molecule has 1 atom stereocenters. The highest BCUT2D eigenvalue weighted by atomic mass is 32.2. The largest absolute Gasteiger partial charge is 0.496 e. The summed E-state index contributed by atoms with van der Waals surface area (Å²) in [6, 6.07) is 13.6. The molecule has 0 saturated heterocycles. The number of methoxy groups -OCH3 is 1. The topological polar surface area (TPSA) is 78.9 Å². The van der Waals surface area contributed by atoms with E-state index in [1.165, 1.54) is 26.2 Å². The van der Waals surface area contributed by atoms with Gasteiger partial charge in [-0.1, -0.05) is 24.3 Å². The molecule has 0 aliphatic heterocycles. The number of likely N-dealkylation sites (N-methyl/N-ethyl adjacent to an activating group) is 1. The predicted octanol–water partition coefficient (Wildman–Crippen LogP) is 1.98. The minimum Gasteiger partial charge on any atom is -0.496 e. The van der Waals surface area contributed by atoms with Crippen molar-refractivity contribution < 1.29 is 17.9 Å². The van der Waals surface area contributed by atoms with Crippen LogP contribution in [-0.4, -0.2) is 65.4 Å². The molecule has 0 aromatic heterocycles. The van der Waals surface area contributed by atoms with Crippen LogP contribution in [0.25, 0.3) is 0 Å². The lowest BCUT2D eigenvalue weighted by atomic mass is 10.0. The van der Waals surface area contributed by atoms with Crippen LogP contribution in [0.15, 0.2) is 53.4 Å². The molecule has 1 amide bonds. The number of carbonyl (C=O) groups is 1. The molecule has 8 heteroatoms. The summed E-state index contributed by atoms with van der Waals surface area (Å²) in [4.78, 5) is 14.7. The Morgan fingerprint density at radius 1 is 1.07 bits per heavy atom. The first-order valence-electron chi connectivity index (χ1n) is 8.78. The van der Waals surface area contributed by atoms with Crippen LogP contribution in [-0.2, 0) is 10.0 Å². The van der Waals surface area contributed by atoms with E-state index in [0.717, 1.165) is 15.6 Å². The first-order valence-corrected chi connectivity index (χ1v) is 10.2. The van der Waals surface area contributed by atoms with Gasteiger partial charge in [-0.05, 0) is 38.4 Å². The number of sulfonamides is 1. The summed E-state index contributed by atoms with van der Waals surface area (Å²) in [5, 5.41) is 2.89. The number of ether oxygens (including phenoxy) is 1. The Bertz CT molecular complexity index is 927. The van der Waals surface area contributed by atoms with Gasteiger partial charge in [0.15, 0.2) is 0 Å². The van der Waals surface area contributed by atoms with Crippen molar-refractivity contribution in [2.24, 2.45) is 0 Å². The molecule has 28 heavy (non-hydrogen) atoms. The normalized spacial score (nSPS) is 12.8. The van der Waals surface area contributed by atoms with Crippen molar-refractivity contribution in [3.05, 3.63) is 59.7 Å². The monoisotopic (exact) mass is 405 g/mol. The zero-order chi connectivity index (χ0) is 20.9. The molecule has 0 spiro atoms. The number of nitrogens with zero attached hydrogens (tertiary/aromatic N) is 2. The number of para-hydroxylation sites is 1. The highest BCUT2D eigenvalue weighted by Gasteiger charge is 2.21. The number of rotatable bonds is 8. The van der Waals surface area contributed by atoms with Crippen LogP contribution in [0.2, 0.25) is 0 Å². The average molecular weight is 406 g/mol. The van der Waals surface area contributed by atoms with E-state index in [-0.39, 0.29) is 16.8 Å². The van der Waals surface area contributed by atoms with Crippen LogP contribution < -0.4 is 10.1 Å². The van der Waals surface area contributed by atoms with Gasteiger partial charge in [0, 0.05) is 31.8 Å². The first-order chi connectivity index (χ1) is 13.2. The number of benzene rings is 2. The summed E-state index contributed by atoms with van der Waals surface area (Å²) < 4.78 is 31.1. The molecule has 0 fully saturated rings. The number of nitrogens with one attached hydrogen (secondary N) is 1. The van der Waals surface area contributed by atoms with Crippen molar-refractivity contribution >= 4 is 15.9 Å². The molecule has 0 bridgehead atoms. The van der Waals surface area contributed by atoms with Gasteiger partial charge in [-0.15, -0.1) is 0 Å². The molecule has 0 heterocycles. The van der Waals surface area contributed by atoms with Crippen LogP contribution >= 0.6 is 0 Å². The van der Waals surface area contributed by atoms with Crippen LogP contribution in [0.4, 0.5) is 0 Å². The van der Waals surface area contributed by atoms with Gasteiger partial charge in [-0.25, -0.2) is 12.7 Å². The van der Waals surface area contributed by atoms with Gasteiger partial charge in [-0.3, -0.25) is 4.79 Å². The second-order valence-electron chi connectivity index (χ2n) is 6.75. The molecule has 1 N–H and O–H groups in total. The Kier molecular flexibility index (Phi) is 7.17. The summed E-state index contributed by atoms with van der Waals surface area (Å²) in [5.74, 6) is 0.409. The van der Waals surface area contributed by atoms with E-state index >= 15 is 0 Å². The molecule has 2 aromatic carbocycles. The molecule has 0 radical (unpaired) electrons. The molecule has 2 rings (SSSR count). The highest BCUT2D eigenvalue weighted by Crippen LogP contribution is 2.27. The second-order valence-corrected chi connectivity index (χ2v) is 8.90. The SMILES string of the molecule is COc1ccccc1[C@@H](CNC(=O)c1cccc(S(=O)(=O)N(C)C)c1)N(C)C. The lowest BCUT2D eigenvalue weighted by molar-refractivity contribution is 0.0941. The van der Waals surface area contributed by atoms with Gasteiger partial charge < -0.3 is 15.0 Å². The summed E-state index contributed by atoms with van der Waals surface area (Å²) >= 11 is 0. The van der Waals surface area contributed by atoms with Crippen molar-refractivity contribution in [3.63, 3.8) is 0 Å². The minimum atomic E-state index is -3.60. The fourth-order valence-corrected chi connectivity index (χ4v) is 3.76. The Morgan fingerprint density at radius 2 is 1.75 bits per heavy atom. The molecule has 152 valence electrons. The van der Waals surface area contributed by atoms with E-state index in [1.54, 1.807) is 19.2 Å². The van der Waals surface area contributed by atoms with Gasteiger partial charge >= 0.3 is 0 Å². The second kappa shape index (κ2) is 9.18. The van der Waals surface area contributed by atoms with E-state index in [4.69, 9.17) is 4.74 Å². The maximum atomic E-state index is 12.6. The summed E-state index contributed by atoms with van der Waals surface area (Å²) in [7, 11) is 4.77. The maximum absolute atomic E-state index is 12.6. The van der Waals surface area contributed by atoms with Crippen LogP contribution in [0.1, 0.15) is 22.0 Å². The third-order valence-corrected chi connectivity index (χ3v) is 6.26. The summed E-state index contributed by atoms with van der Waals surface area (Å²) in [5.41, 5.74) is 1.25. The lowest BCUT2D eigenvalue weighted by Gasteiger charge is -2.26. The third-order valence-electron chi connectivity index (χ3n) is 4.45. The van der Waals surface area contributed by atoms with Crippen molar-refractivity contribution in [2.75, 3.05) is 41.8 Å². The standard InChI is InChI=1S/C20H27N3O4S/c1-22(2)18(17-11-6-7-12-19(17)27-5)14-21-20(24)15-9-8-10-16(13-15)28(25,26)23(3)4/h6-13,18H,14H2,1-5H3,(H,21,24)/t18-/m1/s1. The Balaban J connectivity index is 2.20. The zero-order valence-corrected chi connectivity index (χ0v) is 17.7. The third kappa shape index (κ3) is 4.89. The van der Waals surface area contributed by atoms with E-state index in [2.05, 4.69) is 5.32 Å². The van der Waals surface area contributed by atoms with E-state index in [9.17, 15) is 13.2 Å². The molecule has 0 saturated carbocycles. The average Bonchev–Trinajstić information content (AvgIpc) is 2.68. The van der Waals surface area contributed by atoms with Gasteiger partial charge in [0.05, 0.1) is 18.0 Å². The van der Waals surface area contributed by atoms with Crippen LogP contribution in [0.5, 0.6) is 5.75 Å². The van der Waals surface area contributed by atoms with E-state index < -0.39 is 10.0 Å². The fraction of sp³-hybridized carbons (Fsp3) is 0.350. The number of hydrogen-bond acceptors (Lipinski definition) is 5. The highest BCUT2D eigenvalue weighted by molar-refractivity contribution is 7.89. The van der Waals surface area contributed by atoms with Gasteiger partial charge in [0.2, 0.25) is 10.0 Å². The van der Waals surface area contributed by atoms with Crippen molar-refractivity contribution in [2.45, 2.75) is 10.9 Å². The van der Waals surface area contributed by atoms with Crippen LogP contribution in [0.3, 0.4) is 0 Å². The number of carbonyl (C=O) groups excluding carboxylic acids is 1. The number of amides is 1. The van der Waals surface area contributed by atoms with Gasteiger partial charge in [0.25, 0.3) is 5.91 Å². The molecule has 0 aliphatic rings. The minimum absolute atomic E-state index is 0.0824. The first kappa shape index (κ1) is 21.9. The Morgan fingerprint density at radius 3 is 2.36 bits per heavy atom. The Labute approximate surface area is 167 Å². The van der Waals surface area contributed by atoms with E-state index in [1.807, 2.05) is 43.3 Å². The van der Waals surface area contributed by atoms with Gasteiger partial charge in [0.1, 0.15) is 5.75 Å². The molecule has 7 nitrogen and oxygen atoms in total. The lowest BCUT2D eigenvalue weighted by Crippen LogP contribution is -2.34. The molecular formula is C20H27N3O4S. The fourth-order valence-electron chi connectivity index (χ4n) is 2.81. The zero-order valence-electron chi connectivity index (χ0n) is 16.8. The van der Waals surface area contributed by atoms with Crippen molar-refractivity contribution in [3.8, 4) is 5.75 Å².